The predicted octanol–water partition coefficient (Wildman–Crippen LogP) is 2.19. The van der Waals surface area contributed by atoms with Crippen LogP contribution in [0.5, 0.6) is 5.75 Å². The van der Waals surface area contributed by atoms with E-state index in [-0.39, 0.29) is 11.9 Å². The maximum atomic E-state index is 12.8. The van der Waals surface area contributed by atoms with E-state index in [1.165, 1.54) is 6.20 Å². The Bertz CT molecular complexity index is 836. The van der Waals surface area contributed by atoms with Crippen molar-refractivity contribution < 1.29 is 14.3 Å². The number of likely N-dealkylation sites (tertiary alicyclic amines) is 1. The second-order valence-electron chi connectivity index (χ2n) is 6.68. The van der Waals surface area contributed by atoms with Crippen LogP contribution < -0.4 is 10.5 Å². The summed E-state index contributed by atoms with van der Waals surface area (Å²) >= 11 is 0. The first-order valence-corrected chi connectivity index (χ1v) is 9.05. The van der Waals surface area contributed by atoms with Crippen molar-refractivity contribution >= 4 is 11.8 Å². The summed E-state index contributed by atoms with van der Waals surface area (Å²) in [6, 6.07) is 7.60. The summed E-state index contributed by atoms with van der Waals surface area (Å²) in [7, 11) is 1.63. The number of benzene rings is 1. The standard InChI is InChI=1S/C20H24N4O3/c1-13-16(19(21)26)12-22-20(23-13)17-4-3-11-24(17)18(25)10-7-14-5-8-15(27-2)9-6-14/h5-6,8-9,12,17H,3-4,7,10-11H2,1-2H3,(H2,21,26)/t17-/m0/s1. The molecule has 1 aliphatic heterocycles. The summed E-state index contributed by atoms with van der Waals surface area (Å²) in [4.78, 5) is 34.7. The number of aromatic nitrogens is 2. The maximum absolute atomic E-state index is 12.8. The maximum Gasteiger partial charge on any atom is 0.252 e. The molecule has 142 valence electrons. The van der Waals surface area contributed by atoms with E-state index in [0.717, 1.165) is 24.2 Å². The molecule has 1 aliphatic rings. The van der Waals surface area contributed by atoms with Crippen molar-refractivity contribution in [2.75, 3.05) is 13.7 Å². The number of nitrogens with zero attached hydrogens (tertiary/aromatic N) is 3. The zero-order valence-electron chi connectivity index (χ0n) is 15.6. The van der Waals surface area contributed by atoms with Crippen molar-refractivity contribution in [2.24, 2.45) is 5.73 Å². The lowest BCUT2D eigenvalue weighted by Crippen LogP contribution is -2.32. The van der Waals surface area contributed by atoms with E-state index >= 15 is 0 Å². The van der Waals surface area contributed by atoms with Gasteiger partial charge in [0.1, 0.15) is 5.75 Å². The van der Waals surface area contributed by atoms with Gasteiger partial charge in [-0.25, -0.2) is 9.97 Å². The van der Waals surface area contributed by atoms with Crippen molar-refractivity contribution in [1.29, 1.82) is 0 Å². The second kappa shape index (κ2) is 8.16. The van der Waals surface area contributed by atoms with Gasteiger partial charge in [0, 0.05) is 19.2 Å². The Balaban J connectivity index is 1.67. The summed E-state index contributed by atoms with van der Waals surface area (Å²) in [6.45, 7) is 2.43. The third kappa shape index (κ3) is 4.24. The van der Waals surface area contributed by atoms with Gasteiger partial charge < -0.3 is 15.4 Å². The van der Waals surface area contributed by atoms with Gasteiger partial charge in [-0.1, -0.05) is 12.1 Å². The van der Waals surface area contributed by atoms with E-state index in [1.807, 2.05) is 29.2 Å². The number of primary amides is 1. The number of ether oxygens (including phenoxy) is 1. The minimum absolute atomic E-state index is 0.0912. The fraction of sp³-hybridized carbons (Fsp3) is 0.400. The van der Waals surface area contributed by atoms with Gasteiger partial charge in [0.05, 0.1) is 24.4 Å². The molecule has 1 saturated heterocycles. The third-order valence-corrected chi connectivity index (χ3v) is 4.92. The largest absolute Gasteiger partial charge is 0.497 e. The molecule has 2 N–H and O–H groups in total. The monoisotopic (exact) mass is 368 g/mol. The second-order valence-corrected chi connectivity index (χ2v) is 6.68. The van der Waals surface area contributed by atoms with Gasteiger partial charge in [-0.2, -0.15) is 0 Å². The first kappa shape index (κ1) is 18.8. The Morgan fingerprint density at radius 2 is 2.04 bits per heavy atom. The minimum Gasteiger partial charge on any atom is -0.497 e. The van der Waals surface area contributed by atoms with E-state index in [4.69, 9.17) is 10.5 Å². The van der Waals surface area contributed by atoms with Crippen molar-refractivity contribution in [3.8, 4) is 5.75 Å². The highest BCUT2D eigenvalue weighted by Crippen LogP contribution is 2.31. The van der Waals surface area contributed by atoms with Crippen molar-refractivity contribution in [2.45, 2.75) is 38.6 Å². The molecule has 0 unspecified atom stereocenters. The highest BCUT2D eigenvalue weighted by Gasteiger charge is 2.32. The summed E-state index contributed by atoms with van der Waals surface area (Å²) in [6.07, 6.45) is 4.30. The minimum atomic E-state index is -0.544. The van der Waals surface area contributed by atoms with Crippen LogP contribution in [-0.4, -0.2) is 40.3 Å². The van der Waals surface area contributed by atoms with Gasteiger partial charge in [0.2, 0.25) is 5.91 Å². The van der Waals surface area contributed by atoms with Crippen LogP contribution in [0.15, 0.2) is 30.5 Å². The molecule has 7 heteroatoms. The van der Waals surface area contributed by atoms with Crippen molar-refractivity contribution in [3.63, 3.8) is 0 Å². The molecular formula is C20H24N4O3. The summed E-state index contributed by atoms with van der Waals surface area (Å²) in [5, 5.41) is 0. The van der Waals surface area contributed by atoms with Crippen LogP contribution >= 0.6 is 0 Å². The van der Waals surface area contributed by atoms with E-state index in [2.05, 4.69) is 9.97 Å². The van der Waals surface area contributed by atoms with Gasteiger partial charge >= 0.3 is 0 Å². The molecule has 1 atom stereocenters. The number of rotatable bonds is 6. The average Bonchev–Trinajstić information content (AvgIpc) is 3.16. The number of nitrogens with two attached hydrogens (primary N) is 1. The molecule has 1 aromatic heterocycles. The van der Waals surface area contributed by atoms with E-state index in [9.17, 15) is 9.59 Å². The van der Waals surface area contributed by atoms with E-state index in [1.54, 1.807) is 14.0 Å². The first-order valence-electron chi connectivity index (χ1n) is 9.05. The number of carbonyl (C=O) groups is 2. The van der Waals surface area contributed by atoms with E-state index in [0.29, 0.717) is 36.5 Å². The highest BCUT2D eigenvalue weighted by atomic mass is 16.5. The van der Waals surface area contributed by atoms with Crippen molar-refractivity contribution in [3.05, 3.63) is 53.1 Å². The Kier molecular flexibility index (Phi) is 5.69. The number of hydrogen-bond acceptors (Lipinski definition) is 5. The Labute approximate surface area is 158 Å². The average molecular weight is 368 g/mol. The van der Waals surface area contributed by atoms with Gasteiger partial charge in [0.15, 0.2) is 5.82 Å². The van der Waals surface area contributed by atoms with Crippen LogP contribution in [0, 0.1) is 6.92 Å². The predicted molar refractivity (Wildman–Crippen MR) is 100 cm³/mol. The van der Waals surface area contributed by atoms with Crippen LogP contribution in [0.25, 0.3) is 0 Å². The number of amides is 2. The zero-order valence-corrected chi connectivity index (χ0v) is 15.6. The number of hydrogen-bond donors (Lipinski definition) is 1. The molecule has 1 aromatic carbocycles. The SMILES string of the molecule is COc1ccc(CCC(=O)N2CCC[C@H]2c2ncc(C(N)=O)c(C)n2)cc1. The molecule has 3 rings (SSSR count). The van der Waals surface area contributed by atoms with Crippen LogP contribution in [-0.2, 0) is 11.2 Å². The molecule has 27 heavy (non-hydrogen) atoms. The highest BCUT2D eigenvalue weighted by molar-refractivity contribution is 5.93. The lowest BCUT2D eigenvalue weighted by atomic mass is 10.1. The van der Waals surface area contributed by atoms with Crippen LogP contribution in [0.3, 0.4) is 0 Å². The van der Waals surface area contributed by atoms with Crippen LogP contribution in [0.4, 0.5) is 0 Å². The van der Waals surface area contributed by atoms with E-state index < -0.39 is 5.91 Å². The van der Waals surface area contributed by atoms with Gasteiger partial charge in [-0.15, -0.1) is 0 Å². The van der Waals surface area contributed by atoms with Crippen LogP contribution in [0.1, 0.15) is 52.7 Å². The fourth-order valence-corrected chi connectivity index (χ4v) is 3.41. The van der Waals surface area contributed by atoms with Gasteiger partial charge in [0.25, 0.3) is 5.91 Å². The summed E-state index contributed by atoms with van der Waals surface area (Å²) < 4.78 is 5.15. The number of carbonyl (C=O) groups excluding carboxylic acids is 2. The topological polar surface area (TPSA) is 98.4 Å². The van der Waals surface area contributed by atoms with Crippen molar-refractivity contribution in [1.82, 2.24) is 14.9 Å². The Morgan fingerprint density at radius 1 is 1.30 bits per heavy atom. The van der Waals surface area contributed by atoms with Gasteiger partial charge in [-0.3, -0.25) is 9.59 Å². The molecule has 7 nitrogen and oxygen atoms in total. The third-order valence-electron chi connectivity index (χ3n) is 4.92. The molecule has 0 bridgehead atoms. The van der Waals surface area contributed by atoms with Gasteiger partial charge in [-0.05, 0) is 43.9 Å². The molecule has 2 aromatic rings. The molecule has 2 amide bonds. The number of methoxy groups -OCH3 is 1. The zero-order chi connectivity index (χ0) is 19.4. The molecule has 2 heterocycles. The molecule has 0 aliphatic carbocycles. The smallest absolute Gasteiger partial charge is 0.252 e. The summed E-state index contributed by atoms with van der Waals surface area (Å²) in [5.74, 6) is 0.927. The molecule has 0 saturated carbocycles. The first-order chi connectivity index (χ1) is 13.0. The molecule has 0 spiro atoms. The lowest BCUT2D eigenvalue weighted by molar-refractivity contribution is -0.132. The quantitative estimate of drug-likeness (QED) is 0.843. The Hall–Kier alpha value is -2.96. The summed E-state index contributed by atoms with van der Waals surface area (Å²) in [5.41, 5.74) is 7.27. The fourth-order valence-electron chi connectivity index (χ4n) is 3.41. The normalized spacial score (nSPS) is 16.4. The molecule has 0 radical (unpaired) electrons. The Morgan fingerprint density at radius 3 is 2.67 bits per heavy atom. The molecular weight excluding hydrogens is 344 g/mol. The lowest BCUT2D eigenvalue weighted by Gasteiger charge is -2.24. The molecule has 1 fully saturated rings. The van der Waals surface area contributed by atoms with Crippen LogP contribution in [0.2, 0.25) is 0 Å². The number of aryl methyl sites for hydroxylation is 2.